The highest BCUT2D eigenvalue weighted by Gasteiger charge is 2.11. The number of nitrogens with one attached hydrogen (secondary N) is 2. The van der Waals surface area contributed by atoms with E-state index in [0.29, 0.717) is 37.8 Å². The average Bonchev–Trinajstić information content (AvgIpc) is 3.26. The van der Waals surface area contributed by atoms with Crippen molar-refractivity contribution in [3.63, 3.8) is 0 Å². The molecular weight excluding hydrogens is 448 g/mol. The zero-order valence-corrected chi connectivity index (χ0v) is 19.7. The summed E-state index contributed by atoms with van der Waals surface area (Å²) >= 11 is 0. The second kappa shape index (κ2) is 12.1. The second-order valence-electron chi connectivity index (χ2n) is 7.93. The first-order valence-corrected chi connectivity index (χ1v) is 11.7. The normalized spacial score (nSPS) is 11.9. The molecule has 8 nitrogen and oxygen atoms in total. The molecule has 1 aromatic heterocycles. The van der Waals surface area contributed by atoms with Gasteiger partial charge in [0, 0.05) is 29.4 Å². The topological polar surface area (TPSA) is 102 Å². The lowest BCUT2D eigenvalue weighted by molar-refractivity contribution is -0.145. The lowest BCUT2D eigenvalue weighted by Gasteiger charge is -2.14. The van der Waals surface area contributed by atoms with Crippen molar-refractivity contribution in [3.05, 3.63) is 66.7 Å². The number of carbonyl (C=O) groups is 1. The number of hydrogen-bond donors (Lipinski definition) is 3. The van der Waals surface area contributed by atoms with Crippen molar-refractivity contribution < 1.29 is 28.8 Å². The monoisotopic (exact) mass is 478 g/mol. The molecule has 4 aromatic rings. The fourth-order valence-electron chi connectivity index (χ4n) is 3.72. The number of benzene rings is 3. The van der Waals surface area contributed by atoms with Crippen molar-refractivity contribution in [2.75, 3.05) is 39.5 Å². The van der Waals surface area contributed by atoms with Crippen molar-refractivity contribution in [1.82, 2.24) is 10.3 Å². The molecule has 8 heteroatoms. The molecular formula is C27H30N2O6. The molecule has 3 aromatic carbocycles. The van der Waals surface area contributed by atoms with Gasteiger partial charge in [-0.2, -0.15) is 0 Å². The highest BCUT2D eigenvalue weighted by atomic mass is 16.6. The van der Waals surface area contributed by atoms with Crippen LogP contribution >= 0.6 is 0 Å². The molecule has 0 saturated carbocycles. The van der Waals surface area contributed by atoms with Gasteiger partial charge in [-0.15, -0.1) is 0 Å². The van der Waals surface area contributed by atoms with Crippen LogP contribution in [0.5, 0.6) is 17.2 Å². The highest BCUT2D eigenvalue weighted by Crippen LogP contribution is 2.32. The van der Waals surface area contributed by atoms with E-state index in [2.05, 4.69) is 16.4 Å². The van der Waals surface area contributed by atoms with Crippen LogP contribution < -0.4 is 19.5 Å². The van der Waals surface area contributed by atoms with Crippen molar-refractivity contribution in [2.24, 2.45) is 0 Å². The smallest absolute Gasteiger partial charge is 0.344 e. The van der Waals surface area contributed by atoms with Gasteiger partial charge < -0.3 is 34.4 Å². The zero-order valence-electron chi connectivity index (χ0n) is 19.7. The van der Waals surface area contributed by atoms with E-state index in [1.54, 1.807) is 31.2 Å². The fourth-order valence-corrected chi connectivity index (χ4v) is 3.72. The van der Waals surface area contributed by atoms with E-state index in [4.69, 9.17) is 18.9 Å². The molecule has 0 unspecified atom stereocenters. The molecule has 0 radical (unpaired) electrons. The number of para-hydroxylation sites is 1. The van der Waals surface area contributed by atoms with E-state index in [0.717, 1.165) is 27.6 Å². The Labute approximate surface area is 203 Å². The maximum Gasteiger partial charge on any atom is 0.344 e. The van der Waals surface area contributed by atoms with Crippen LogP contribution in [0, 0.1) is 0 Å². The van der Waals surface area contributed by atoms with Crippen LogP contribution in [0.25, 0.3) is 21.8 Å². The number of fused-ring (bicyclic) bond motifs is 3. The molecule has 35 heavy (non-hydrogen) atoms. The molecule has 0 aliphatic heterocycles. The lowest BCUT2D eigenvalue weighted by Crippen LogP contribution is -2.33. The van der Waals surface area contributed by atoms with Crippen molar-refractivity contribution in [3.8, 4) is 17.2 Å². The summed E-state index contributed by atoms with van der Waals surface area (Å²) in [5.41, 5.74) is 2.06. The Bertz CT molecular complexity index is 1240. The number of aliphatic hydroxyl groups excluding tert-OH is 1. The van der Waals surface area contributed by atoms with Gasteiger partial charge in [-0.05, 0) is 49.4 Å². The number of aromatic nitrogens is 1. The standard InChI is InChI=1S/C27H30N2O6/c1-2-32-26(31)18-34-21-12-10-20(11-13-21)33-15-14-28-16-19(30)17-35-25-9-5-8-24-27(25)22-6-3-4-7-23(22)29-24/h3-13,19,28-30H,2,14-18H2,1H3/t19-/m0/s1. The quantitative estimate of drug-likeness (QED) is 0.199. The van der Waals surface area contributed by atoms with E-state index >= 15 is 0 Å². The van der Waals surface area contributed by atoms with Crippen LogP contribution in [-0.2, 0) is 9.53 Å². The molecule has 4 rings (SSSR count). The third kappa shape index (κ3) is 6.65. The van der Waals surface area contributed by atoms with Crippen LogP contribution in [0.1, 0.15) is 6.92 Å². The van der Waals surface area contributed by atoms with Crippen LogP contribution in [0.4, 0.5) is 0 Å². The summed E-state index contributed by atoms with van der Waals surface area (Å²) in [4.78, 5) is 14.7. The Morgan fingerprint density at radius 3 is 2.49 bits per heavy atom. The van der Waals surface area contributed by atoms with Gasteiger partial charge in [0.05, 0.1) is 12.1 Å². The number of carbonyl (C=O) groups excluding carboxylic acids is 1. The molecule has 0 aliphatic rings. The van der Waals surface area contributed by atoms with Gasteiger partial charge in [-0.1, -0.05) is 24.3 Å². The molecule has 0 spiro atoms. The molecule has 1 atom stereocenters. The fraction of sp³-hybridized carbons (Fsp3) is 0.296. The number of rotatable bonds is 13. The summed E-state index contributed by atoms with van der Waals surface area (Å²) in [5, 5.41) is 15.6. The Morgan fingerprint density at radius 2 is 1.69 bits per heavy atom. The molecule has 0 fully saturated rings. The summed E-state index contributed by atoms with van der Waals surface area (Å²) in [6.07, 6.45) is -0.661. The van der Waals surface area contributed by atoms with Crippen LogP contribution in [0.2, 0.25) is 0 Å². The van der Waals surface area contributed by atoms with Crippen molar-refractivity contribution in [2.45, 2.75) is 13.0 Å². The number of esters is 1. The largest absolute Gasteiger partial charge is 0.492 e. The van der Waals surface area contributed by atoms with E-state index in [9.17, 15) is 9.90 Å². The lowest BCUT2D eigenvalue weighted by atomic mass is 10.1. The average molecular weight is 479 g/mol. The molecule has 184 valence electrons. The number of ether oxygens (including phenoxy) is 4. The minimum atomic E-state index is -0.661. The summed E-state index contributed by atoms with van der Waals surface area (Å²) in [7, 11) is 0. The van der Waals surface area contributed by atoms with Crippen molar-refractivity contribution >= 4 is 27.8 Å². The molecule has 0 bridgehead atoms. The third-order valence-corrected chi connectivity index (χ3v) is 5.34. The summed E-state index contributed by atoms with van der Waals surface area (Å²) < 4.78 is 21.8. The maximum absolute atomic E-state index is 11.3. The number of hydrogen-bond acceptors (Lipinski definition) is 7. The van der Waals surface area contributed by atoms with E-state index < -0.39 is 12.1 Å². The molecule has 0 amide bonds. The van der Waals surface area contributed by atoms with Gasteiger partial charge in [0.25, 0.3) is 0 Å². The molecule has 1 heterocycles. The Hall–Kier alpha value is -3.75. The van der Waals surface area contributed by atoms with E-state index in [1.807, 2.05) is 36.4 Å². The number of H-pyrrole nitrogens is 1. The third-order valence-electron chi connectivity index (χ3n) is 5.34. The van der Waals surface area contributed by atoms with E-state index in [1.165, 1.54) is 0 Å². The summed E-state index contributed by atoms with van der Waals surface area (Å²) in [5.74, 6) is 1.60. The van der Waals surface area contributed by atoms with E-state index in [-0.39, 0.29) is 13.2 Å². The molecule has 0 aliphatic carbocycles. The summed E-state index contributed by atoms with van der Waals surface area (Å²) in [6.45, 7) is 3.52. The van der Waals surface area contributed by atoms with Gasteiger partial charge in [-0.3, -0.25) is 0 Å². The zero-order chi connectivity index (χ0) is 24.5. The Balaban J connectivity index is 1.16. The van der Waals surface area contributed by atoms with Gasteiger partial charge >= 0.3 is 5.97 Å². The van der Waals surface area contributed by atoms with Crippen LogP contribution in [0.15, 0.2) is 66.7 Å². The maximum atomic E-state index is 11.3. The Morgan fingerprint density at radius 1 is 0.943 bits per heavy atom. The second-order valence-corrected chi connectivity index (χ2v) is 7.93. The first kappa shape index (κ1) is 24.4. The van der Waals surface area contributed by atoms with Crippen LogP contribution in [-0.4, -0.2) is 61.7 Å². The Kier molecular flexibility index (Phi) is 8.43. The first-order valence-electron chi connectivity index (χ1n) is 11.7. The predicted octanol–water partition coefficient (Wildman–Crippen LogP) is 3.67. The molecule has 3 N–H and O–H groups in total. The van der Waals surface area contributed by atoms with Crippen LogP contribution in [0.3, 0.4) is 0 Å². The van der Waals surface area contributed by atoms with Gasteiger partial charge in [-0.25, -0.2) is 4.79 Å². The minimum absolute atomic E-state index is 0.124. The first-order chi connectivity index (χ1) is 17.1. The molecule has 0 saturated heterocycles. The summed E-state index contributed by atoms with van der Waals surface area (Å²) in [6, 6.07) is 21.0. The SMILES string of the molecule is CCOC(=O)COc1ccc(OCCNC[C@H](O)COc2cccc3[nH]c4ccccc4c23)cc1. The van der Waals surface area contributed by atoms with Gasteiger partial charge in [0.2, 0.25) is 0 Å². The number of aliphatic hydroxyl groups is 1. The van der Waals surface area contributed by atoms with Crippen molar-refractivity contribution in [1.29, 1.82) is 0 Å². The van der Waals surface area contributed by atoms with Gasteiger partial charge in [0.15, 0.2) is 6.61 Å². The minimum Gasteiger partial charge on any atom is -0.492 e. The predicted molar refractivity (Wildman–Crippen MR) is 134 cm³/mol. The highest BCUT2D eigenvalue weighted by molar-refractivity contribution is 6.10. The number of aromatic amines is 1. The van der Waals surface area contributed by atoms with Gasteiger partial charge in [0.1, 0.15) is 36.6 Å².